The van der Waals surface area contributed by atoms with Crippen LogP contribution in [-0.4, -0.2) is 57.9 Å². The molecule has 0 spiro atoms. The number of ether oxygens (including phenoxy) is 1. The van der Waals surface area contributed by atoms with Gasteiger partial charge in [-0.3, -0.25) is 14.4 Å². The largest absolute Gasteiger partial charge is 0.453 e. The average Bonchev–Trinajstić information content (AvgIpc) is 2.88. The van der Waals surface area contributed by atoms with Gasteiger partial charge < -0.3 is 10.1 Å². The third kappa shape index (κ3) is 4.43. The maximum atomic E-state index is 12.3. The molecule has 0 aliphatic carbocycles. The van der Waals surface area contributed by atoms with Crippen LogP contribution in [0.2, 0.25) is 0 Å². The number of aryl methyl sites for hydroxylation is 3. The van der Waals surface area contributed by atoms with Crippen molar-refractivity contribution in [3.8, 4) is 0 Å². The van der Waals surface area contributed by atoms with Gasteiger partial charge in [0.25, 0.3) is 0 Å². The fourth-order valence-electron chi connectivity index (χ4n) is 2.87. The summed E-state index contributed by atoms with van der Waals surface area (Å²) in [5.41, 5.74) is 0. The van der Waals surface area contributed by atoms with Gasteiger partial charge in [-0.1, -0.05) is 0 Å². The SMILES string of the molecule is COC(=O)N1CCCC[C@H]1C(=O)NCCCn1nc(C)nc1C. The fourth-order valence-corrected chi connectivity index (χ4v) is 2.87. The molecule has 2 heterocycles. The summed E-state index contributed by atoms with van der Waals surface area (Å²) in [7, 11) is 1.34. The number of piperidine rings is 1. The first kappa shape index (κ1) is 17.2. The van der Waals surface area contributed by atoms with Crippen LogP contribution in [0.1, 0.15) is 37.3 Å². The molecule has 1 atom stereocenters. The fraction of sp³-hybridized carbons (Fsp3) is 0.733. The topological polar surface area (TPSA) is 89.4 Å². The Kier molecular flexibility index (Phi) is 5.95. The lowest BCUT2D eigenvalue weighted by Gasteiger charge is -2.33. The number of hydrogen-bond donors (Lipinski definition) is 1. The van der Waals surface area contributed by atoms with Crippen LogP contribution in [0.4, 0.5) is 4.79 Å². The van der Waals surface area contributed by atoms with Gasteiger partial charge >= 0.3 is 6.09 Å². The smallest absolute Gasteiger partial charge is 0.410 e. The molecule has 8 heteroatoms. The van der Waals surface area contributed by atoms with Gasteiger partial charge in [0.05, 0.1) is 7.11 Å². The van der Waals surface area contributed by atoms with Crippen LogP contribution >= 0.6 is 0 Å². The maximum absolute atomic E-state index is 12.3. The minimum atomic E-state index is -0.432. The number of nitrogens with one attached hydrogen (secondary N) is 1. The molecule has 8 nitrogen and oxygen atoms in total. The van der Waals surface area contributed by atoms with Crippen molar-refractivity contribution in [1.82, 2.24) is 25.0 Å². The number of likely N-dealkylation sites (tertiary alicyclic amines) is 1. The minimum Gasteiger partial charge on any atom is -0.453 e. The number of carbonyl (C=O) groups excluding carboxylic acids is 2. The Morgan fingerprint density at radius 1 is 1.35 bits per heavy atom. The normalized spacial score (nSPS) is 17.9. The monoisotopic (exact) mass is 323 g/mol. The van der Waals surface area contributed by atoms with Gasteiger partial charge in [0.2, 0.25) is 5.91 Å². The van der Waals surface area contributed by atoms with Crippen molar-refractivity contribution in [3.05, 3.63) is 11.6 Å². The number of carbonyl (C=O) groups is 2. The average molecular weight is 323 g/mol. The molecular formula is C15H25N5O3. The highest BCUT2D eigenvalue weighted by Crippen LogP contribution is 2.18. The van der Waals surface area contributed by atoms with E-state index >= 15 is 0 Å². The molecule has 1 fully saturated rings. The number of amides is 2. The van der Waals surface area contributed by atoms with Gasteiger partial charge in [0, 0.05) is 19.6 Å². The Bertz CT molecular complexity index is 557. The van der Waals surface area contributed by atoms with Crippen molar-refractivity contribution in [2.75, 3.05) is 20.2 Å². The molecule has 1 N–H and O–H groups in total. The van der Waals surface area contributed by atoms with E-state index in [4.69, 9.17) is 4.74 Å². The van der Waals surface area contributed by atoms with Gasteiger partial charge in [-0.15, -0.1) is 0 Å². The summed E-state index contributed by atoms with van der Waals surface area (Å²) in [6, 6.07) is -0.424. The first-order chi connectivity index (χ1) is 11.0. The quantitative estimate of drug-likeness (QED) is 0.817. The Hall–Kier alpha value is -2.12. The van der Waals surface area contributed by atoms with Gasteiger partial charge in [-0.05, 0) is 39.5 Å². The number of nitrogens with zero attached hydrogens (tertiary/aromatic N) is 4. The molecule has 1 aliphatic heterocycles. The van der Waals surface area contributed by atoms with Crippen molar-refractivity contribution >= 4 is 12.0 Å². The summed E-state index contributed by atoms with van der Waals surface area (Å²) in [5, 5.41) is 7.19. The summed E-state index contributed by atoms with van der Waals surface area (Å²) < 4.78 is 6.59. The number of aromatic nitrogens is 3. The van der Waals surface area contributed by atoms with Crippen LogP contribution in [0.3, 0.4) is 0 Å². The Morgan fingerprint density at radius 2 is 2.13 bits per heavy atom. The molecular weight excluding hydrogens is 298 g/mol. The van der Waals surface area contributed by atoms with Crippen molar-refractivity contribution in [1.29, 1.82) is 0 Å². The van der Waals surface area contributed by atoms with Crippen LogP contribution in [0.25, 0.3) is 0 Å². The van der Waals surface area contributed by atoms with E-state index in [9.17, 15) is 9.59 Å². The standard InChI is InChI=1S/C15H25N5O3/c1-11-17-12(2)20(18-11)10-6-8-16-14(21)13-7-4-5-9-19(13)15(22)23-3/h13H,4-10H2,1-3H3,(H,16,21)/t13-/m0/s1. The molecule has 1 aromatic heterocycles. The van der Waals surface area contributed by atoms with E-state index in [-0.39, 0.29) is 5.91 Å². The molecule has 0 aromatic carbocycles. The predicted molar refractivity (Wildman–Crippen MR) is 83.9 cm³/mol. The van der Waals surface area contributed by atoms with E-state index in [2.05, 4.69) is 15.4 Å². The van der Waals surface area contributed by atoms with Crippen molar-refractivity contribution < 1.29 is 14.3 Å². The predicted octanol–water partition coefficient (Wildman–Crippen LogP) is 1.02. The third-order valence-electron chi connectivity index (χ3n) is 4.02. The van der Waals surface area contributed by atoms with Gasteiger partial charge in [0.15, 0.2) is 0 Å². The van der Waals surface area contributed by atoms with E-state index in [0.717, 1.165) is 30.9 Å². The van der Waals surface area contributed by atoms with Crippen LogP contribution in [0.15, 0.2) is 0 Å². The van der Waals surface area contributed by atoms with Gasteiger partial charge in [-0.2, -0.15) is 5.10 Å². The summed E-state index contributed by atoms with van der Waals surface area (Å²) >= 11 is 0. The highest BCUT2D eigenvalue weighted by atomic mass is 16.5. The van der Waals surface area contributed by atoms with Crippen molar-refractivity contribution in [2.24, 2.45) is 0 Å². The second-order valence-electron chi connectivity index (χ2n) is 5.75. The molecule has 0 radical (unpaired) electrons. The van der Waals surface area contributed by atoms with E-state index in [1.54, 1.807) is 0 Å². The van der Waals surface area contributed by atoms with Gasteiger partial charge in [0.1, 0.15) is 17.7 Å². The second-order valence-corrected chi connectivity index (χ2v) is 5.75. The Balaban J connectivity index is 1.79. The van der Waals surface area contributed by atoms with Crippen LogP contribution < -0.4 is 5.32 Å². The number of hydrogen-bond acceptors (Lipinski definition) is 5. The molecule has 2 rings (SSSR count). The lowest BCUT2D eigenvalue weighted by molar-refractivity contribution is -0.127. The number of rotatable bonds is 5. The number of methoxy groups -OCH3 is 1. The molecule has 23 heavy (non-hydrogen) atoms. The van der Waals surface area contributed by atoms with Crippen molar-refractivity contribution in [2.45, 2.75) is 52.1 Å². The zero-order valence-electron chi connectivity index (χ0n) is 14.0. The summed E-state index contributed by atoms with van der Waals surface area (Å²) in [6.45, 7) is 5.59. The molecule has 128 valence electrons. The second kappa shape index (κ2) is 7.94. The third-order valence-corrected chi connectivity index (χ3v) is 4.02. The van der Waals surface area contributed by atoms with Gasteiger partial charge in [-0.25, -0.2) is 9.78 Å². The molecule has 0 unspecified atom stereocenters. The maximum Gasteiger partial charge on any atom is 0.410 e. The molecule has 1 aromatic rings. The summed E-state index contributed by atoms with van der Waals surface area (Å²) in [5.74, 6) is 1.52. The van der Waals surface area contributed by atoms with E-state index in [0.29, 0.717) is 26.1 Å². The van der Waals surface area contributed by atoms with E-state index in [1.807, 2.05) is 18.5 Å². The lowest BCUT2D eigenvalue weighted by Crippen LogP contribution is -2.52. The van der Waals surface area contributed by atoms with E-state index < -0.39 is 12.1 Å². The first-order valence-electron chi connectivity index (χ1n) is 8.03. The molecule has 0 saturated carbocycles. The Morgan fingerprint density at radius 3 is 2.78 bits per heavy atom. The van der Waals surface area contributed by atoms with E-state index in [1.165, 1.54) is 12.0 Å². The molecule has 1 aliphatic rings. The lowest BCUT2D eigenvalue weighted by atomic mass is 10.0. The minimum absolute atomic E-state index is 0.110. The highest BCUT2D eigenvalue weighted by Gasteiger charge is 2.32. The van der Waals surface area contributed by atoms with Crippen LogP contribution in [0.5, 0.6) is 0 Å². The Labute approximate surface area is 136 Å². The van der Waals surface area contributed by atoms with Crippen molar-refractivity contribution in [3.63, 3.8) is 0 Å². The van der Waals surface area contributed by atoms with Crippen LogP contribution in [0, 0.1) is 13.8 Å². The molecule has 0 bridgehead atoms. The highest BCUT2D eigenvalue weighted by molar-refractivity contribution is 5.85. The zero-order valence-corrected chi connectivity index (χ0v) is 14.0. The summed E-state index contributed by atoms with van der Waals surface area (Å²) in [4.78, 5) is 29.8. The van der Waals surface area contributed by atoms with Crippen LogP contribution in [-0.2, 0) is 16.1 Å². The zero-order chi connectivity index (χ0) is 16.8. The first-order valence-corrected chi connectivity index (χ1v) is 8.03. The summed E-state index contributed by atoms with van der Waals surface area (Å²) in [6.07, 6.45) is 2.87. The molecule has 2 amide bonds. The molecule has 1 saturated heterocycles.